The quantitative estimate of drug-likeness (QED) is 0.393. The van der Waals surface area contributed by atoms with E-state index in [1.807, 2.05) is 66.7 Å². The van der Waals surface area contributed by atoms with Crippen LogP contribution in [0.15, 0.2) is 18.2 Å². The third kappa shape index (κ3) is 8.82. The van der Waals surface area contributed by atoms with Crippen LogP contribution in [-0.2, 0) is 14.3 Å². The highest BCUT2D eigenvalue weighted by Gasteiger charge is 2.43. The van der Waals surface area contributed by atoms with Crippen molar-refractivity contribution in [1.82, 2.24) is 15.5 Å². The maximum atomic E-state index is 14.3. The first kappa shape index (κ1) is 31.5. The van der Waals surface area contributed by atoms with Gasteiger partial charge in [-0.15, -0.1) is 0 Å². The fraction of sp³-hybridized carbons (Fsp3) is 0.690. The molecule has 0 heterocycles. The number of carbonyl (C=O) groups is 3. The molecule has 0 aliphatic heterocycles. The second-order valence-electron chi connectivity index (χ2n) is 11.7. The van der Waals surface area contributed by atoms with E-state index in [1.54, 1.807) is 25.7 Å². The first-order chi connectivity index (χ1) is 16.5. The van der Waals surface area contributed by atoms with Crippen molar-refractivity contribution >= 4 is 17.9 Å². The summed E-state index contributed by atoms with van der Waals surface area (Å²) in [7, 11) is 0. The van der Waals surface area contributed by atoms with Crippen LogP contribution in [0, 0.1) is 19.8 Å². The fourth-order valence-electron chi connectivity index (χ4n) is 4.23. The number of ether oxygens (including phenoxy) is 1. The van der Waals surface area contributed by atoms with E-state index in [9.17, 15) is 14.4 Å². The summed E-state index contributed by atoms with van der Waals surface area (Å²) < 4.78 is 5.47. The minimum Gasteiger partial charge on any atom is -0.444 e. The second-order valence-corrected chi connectivity index (χ2v) is 11.7. The number of amides is 3. The van der Waals surface area contributed by atoms with E-state index < -0.39 is 29.3 Å². The molecule has 0 aliphatic carbocycles. The van der Waals surface area contributed by atoms with Gasteiger partial charge in [0.2, 0.25) is 11.8 Å². The summed E-state index contributed by atoms with van der Waals surface area (Å²) >= 11 is 0. The molecule has 3 unspecified atom stereocenters. The summed E-state index contributed by atoms with van der Waals surface area (Å²) in [5, 5.41) is 5.87. The highest BCUT2D eigenvalue weighted by Crippen LogP contribution is 2.34. The normalized spacial score (nSPS) is 14.4. The molecule has 0 radical (unpaired) electrons. The lowest BCUT2D eigenvalue weighted by Crippen LogP contribution is -2.60. The number of nitrogens with one attached hydrogen (secondary N) is 2. The standard InChI is InChI=1S/C29H49N3O4/c1-12-14-18-30-25(33)24(22-20(4)16-15-17-21(22)5)32(28(6,7)8)26(34)23(19(3)13-2)31-27(35)36-29(9,10)11/h15-17,19,23-24H,12-14,18H2,1-11H3,(H,30,33)(H,31,35). The van der Waals surface area contributed by atoms with Crippen LogP contribution in [0.5, 0.6) is 0 Å². The van der Waals surface area contributed by atoms with Crippen LogP contribution < -0.4 is 10.6 Å². The molecule has 0 aliphatic rings. The molecule has 204 valence electrons. The zero-order valence-electron chi connectivity index (χ0n) is 24.4. The lowest BCUT2D eigenvalue weighted by Gasteiger charge is -2.44. The predicted octanol–water partition coefficient (Wildman–Crippen LogP) is 5.83. The topological polar surface area (TPSA) is 87.7 Å². The first-order valence-electron chi connectivity index (χ1n) is 13.2. The van der Waals surface area contributed by atoms with E-state index in [0.29, 0.717) is 13.0 Å². The van der Waals surface area contributed by atoms with Crippen LogP contribution in [0.2, 0.25) is 0 Å². The van der Waals surface area contributed by atoms with Gasteiger partial charge in [0.1, 0.15) is 17.7 Å². The Balaban J connectivity index is 3.66. The van der Waals surface area contributed by atoms with Gasteiger partial charge in [-0.3, -0.25) is 9.59 Å². The molecule has 0 fully saturated rings. The van der Waals surface area contributed by atoms with E-state index >= 15 is 0 Å². The van der Waals surface area contributed by atoms with E-state index in [-0.39, 0.29) is 17.7 Å². The van der Waals surface area contributed by atoms with Gasteiger partial charge in [-0.05, 0) is 84.4 Å². The minimum atomic E-state index is -0.848. The Morgan fingerprint density at radius 2 is 1.56 bits per heavy atom. The lowest BCUT2D eigenvalue weighted by atomic mass is 9.88. The number of benzene rings is 1. The summed E-state index contributed by atoms with van der Waals surface area (Å²) in [6.45, 7) is 21.6. The van der Waals surface area contributed by atoms with E-state index in [0.717, 1.165) is 29.5 Å². The van der Waals surface area contributed by atoms with Crippen LogP contribution in [0.1, 0.15) is 104 Å². The molecule has 7 heteroatoms. The molecular formula is C29H49N3O4. The van der Waals surface area contributed by atoms with Gasteiger partial charge in [0, 0.05) is 12.1 Å². The molecule has 36 heavy (non-hydrogen) atoms. The van der Waals surface area contributed by atoms with Crippen LogP contribution >= 0.6 is 0 Å². The number of nitrogens with zero attached hydrogens (tertiary/aromatic N) is 1. The molecule has 0 spiro atoms. The monoisotopic (exact) mass is 503 g/mol. The Kier molecular flexibility index (Phi) is 11.5. The number of aryl methyl sites for hydroxylation is 2. The fourth-order valence-corrected chi connectivity index (χ4v) is 4.23. The van der Waals surface area contributed by atoms with E-state index in [4.69, 9.17) is 4.74 Å². The maximum Gasteiger partial charge on any atom is 0.408 e. The molecule has 0 saturated carbocycles. The van der Waals surface area contributed by atoms with E-state index in [1.165, 1.54) is 0 Å². The smallest absolute Gasteiger partial charge is 0.408 e. The van der Waals surface area contributed by atoms with Crippen LogP contribution in [0.25, 0.3) is 0 Å². The third-order valence-corrected chi connectivity index (χ3v) is 6.26. The van der Waals surface area contributed by atoms with Gasteiger partial charge in [0.25, 0.3) is 0 Å². The largest absolute Gasteiger partial charge is 0.444 e. The number of hydrogen-bond donors (Lipinski definition) is 2. The average molecular weight is 504 g/mol. The van der Waals surface area contributed by atoms with Gasteiger partial charge in [-0.1, -0.05) is 51.8 Å². The molecule has 1 aromatic carbocycles. The van der Waals surface area contributed by atoms with Crippen LogP contribution in [0.4, 0.5) is 4.79 Å². The maximum absolute atomic E-state index is 14.3. The van der Waals surface area contributed by atoms with Gasteiger partial charge in [0.15, 0.2) is 0 Å². The highest BCUT2D eigenvalue weighted by molar-refractivity contribution is 5.93. The number of hydrogen-bond acceptors (Lipinski definition) is 4. The van der Waals surface area contributed by atoms with Crippen LogP contribution in [0.3, 0.4) is 0 Å². The van der Waals surface area contributed by atoms with Crippen molar-refractivity contribution in [2.45, 2.75) is 119 Å². The van der Waals surface area contributed by atoms with Crippen molar-refractivity contribution < 1.29 is 19.1 Å². The number of rotatable bonds is 10. The molecule has 1 rings (SSSR count). The van der Waals surface area contributed by atoms with E-state index in [2.05, 4.69) is 17.6 Å². The zero-order valence-corrected chi connectivity index (χ0v) is 24.4. The summed E-state index contributed by atoms with van der Waals surface area (Å²) in [5.74, 6) is -0.693. The van der Waals surface area contributed by atoms with Gasteiger partial charge in [0.05, 0.1) is 0 Å². The average Bonchev–Trinajstić information content (AvgIpc) is 2.73. The predicted molar refractivity (Wildman–Crippen MR) is 146 cm³/mol. The molecule has 3 atom stereocenters. The van der Waals surface area contributed by atoms with Crippen molar-refractivity contribution in [3.05, 3.63) is 34.9 Å². The summed E-state index contributed by atoms with van der Waals surface area (Å²) in [6.07, 6.45) is 1.82. The molecule has 0 aromatic heterocycles. The first-order valence-corrected chi connectivity index (χ1v) is 13.2. The Labute approximate surface area is 218 Å². The third-order valence-electron chi connectivity index (χ3n) is 6.26. The molecule has 3 amide bonds. The van der Waals surface area contributed by atoms with Gasteiger partial charge >= 0.3 is 6.09 Å². The lowest BCUT2D eigenvalue weighted by molar-refractivity contribution is -0.149. The van der Waals surface area contributed by atoms with Crippen molar-refractivity contribution in [1.29, 1.82) is 0 Å². The highest BCUT2D eigenvalue weighted by atomic mass is 16.6. The Bertz CT molecular complexity index is 879. The molecule has 0 saturated heterocycles. The van der Waals surface area contributed by atoms with Gasteiger partial charge < -0.3 is 20.3 Å². The van der Waals surface area contributed by atoms with Gasteiger partial charge in [-0.25, -0.2) is 4.79 Å². The van der Waals surface area contributed by atoms with Crippen LogP contribution in [-0.4, -0.2) is 46.5 Å². The van der Waals surface area contributed by atoms with Gasteiger partial charge in [-0.2, -0.15) is 0 Å². The molecule has 2 N–H and O–H groups in total. The van der Waals surface area contributed by atoms with Crippen molar-refractivity contribution in [3.63, 3.8) is 0 Å². The SMILES string of the molecule is CCCCNC(=O)C(c1c(C)cccc1C)N(C(=O)C(NC(=O)OC(C)(C)C)C(C)CC)C(C)(C)C. The Morgan fingerprint density at radius 3 is 2.00 bits per heavy atom. The molecule has 7 nitrogen and oxygen atoms in total. The summed E-state index contributed by atoms with van der Waals surface area (Å²) in [6, 6.07) is 4.19. The molecular weight excluding hydrogens is 454 g/mol. The second kappa shape index (κ2) is 13.1. The Morgan fingerprint density at radius 1 is 1.00 bits per heavy atom. The summed E-state index contributed by atoms with van der Waals surface area (Å²) in [4.78, 5) is 42.5. The Hall–Kier alpha value is -2.57. The number of alkyl carbamates (subject to hydrolysis) is 1. The molecule has 0 bridgehead atoms. The minimum absolute atomic E-state index is 0.170. The number of carbonyl (C=O) groups excluding carboxylic acids is 3. The molecule has 1 aromatic rings. The van der Waals surface area contributed by atoms with Crippen molar-refractivity contribution in [2.75, 3.05) is 6.54 Å². The summed E-state index contributed by atoms with van der Waals surface area (Å²) in [5.41, 5.74) is 1.28. The van der Waals surface area contributed by atoms with Crippen molar-refractivity contribution in [3.8, 4) is 0 Å². The number of unbranched alkanes of at least 4 members (excludes halogenated alkanes) is 1. The van der Waals surface area contributed by atoms with Crippen molar-refractivity contribution in [2.24, 2.45) is 5.92 Å². The zero-order chi connectivity index (χ0) is 27.8.